The minimum absolute atomic E-state index is 0.727. The van der Waals surface area contributed by atoms with Crippen LogP contribution in [0.5, 0.6) is 0 Å². The van der Waals surface area contributed by atoms with Gasteiger partial charge in [0.1, 0.15) is 12.0 Å². The van der Waals surface area contributed by atoms with Crippen LogP contribution in [-0.2, 0) is 6.54 Å². The van der Waals surface area contributed by atoms with E-state index >= 15 is 0 Å². The Labute approximate surface area is 88.3 Å². The molecule has 2 aromatic rings. The highest BCUT2D eigenvalue weighted by Crippen LogP contribution is 2.23. The van der Waals surface area contributed by atoms with Gasteiger partial charge in [-0.2, -0.15) is 0 Å². The molecule has 15 heavy (non-hydrogen) atoms. The third kappa shape index (κ3) is 2.27. The molecule has 1 N–H and O–H groups in total. The van der Waals surface area contributed by atoms with Gasteiger partial charge in [0.05, 0.1) is 11.8 Å². The van der Waals surface area contributed by atoms with Gasteiger partial charge in [-0.1, -0.05) is 6.92 Å². The largest absolute Gasteiger partial charge is 0.472 e. The molecule has 80 valence electrons. The number of hydrogen-bond donors (Lipinski definition) is 1. The minimum Gasteiger partial charge on any atom is -0.472 e. The molecule has 2 heterocycles. The van der Waals surface area contributed by atoms with E-state index in [0.717, 1.165) is 36.5 Å². The van der Waals surface area contributed by atoms with Gasteiger partial charge >= 0.3 is 0 Å². The zero-order valence-electron chi connectivity index (χ0n) is 8.69. The van der Waals surface area contributed by atoms with Crippen LogP contribution in [0.4, 0.5) is 0 Å². The molecule has 0 amide bonds. The van der Waals surface area contributed by atoms with Crippen molar-refractivity contribution in [1.29, 1.82) is 0 Å². The fourth-order valence-corrected chi connectivity index (χ4v) is 1.41. The maximum absolute atomic E-state index is 5.33. The van der Waals surface area contributed by atoms with E-state index in [1.165, 1.54) is 6.39 Å². The van der Waals surface area contributed by atoms with Gasteiger partial charge in [0.15, 0.2) is 12.2 Å². The standard InChI is InChI=1S/C11H14N2O2/c1-2-4-12-6-10-11(15-8-13-10)9-3-5-14-7-9/h3,5,7-8,12H,2,4,6H2,1H3. The van der Waals surface area contributed by atoms with E-state index in [-0.39, 0.29) is 0 Å². The van der Waals surface area contributed by atoms with E-state index in [0.29, 0.717) is 0 Å². The lowest BCUT2D eigenvalue weighted by Gasteiger charge is -2.00. The summed E-state index contributed by atoms with van der Waals surface area (Å²) < 4.78 is 10.3. The first-order valence-corrected chi connectivity index (χ1v) is 5.07. The number of oxazole rings is 1. The molecule has 0 saturated heterocycles. The van der Waals surface area contributed by atoms with Crippen LogP contribution >= 0.6 is 0 Å². The molecule has 2 rings (SSSR count). The number of nitrogens with zero attached hydrogens (tertiary/aromatic N) is 1. The summed E-state index contributed by atoms with van der Waals surface area (Å²) in [6, 6.07) is 1.86. The van der Waals surface area contributed by atoms with Crippen LogP contribution in [0.15, 0.2) is 33.8 Å². The highest BCUT2D eigenvalue weighted by atomic mass is 16.3. The quantitative estimate of drug-likeness (QED) is 0.763. The molecule has 0 fully saturated rings. The van der Waals surface area contributed by atoms with E-state index in [2.05, 4.69) is 17.2 Å². The summed E-state index contributed by atoms with van der Waals surface area (Å²) in [5, 5.41) is 3.29. The SMILES string of the molecule is CCCNCc1ncoc1-c1ccoc1. The van der Waals surface area contributed by atoms with Gasteiger partial charge in [0.2, 0.25) is 0 Å². The summed E-state index contributed by atoms with van der Waals surface area (Å²) in [5.74, 6) is 0.785. The predicted molar refractivity (Wildman–Crippen MR) is 56.2 cm³/mol. The van der Waals surface area contributed by atoms with Gasteiger partial charge < -0.3 is 14.2 Å². The van der Waals surface area contributed by atoms with Crippen molar-refractivity contribution < 1.29 is 8.83 Å². The summed E-state index contributed by atoms with van der Waals surface area (Å²) >= 11 is 0. The van der Waals surface area contributed by atoms with Gasteiger partial charge in [-0.05, 0) is 19.0 Å². The van der Waals surface area contributed by atoms with Crippen LogP contribution in [0, 0.1) is 0 Å². The zero-order chi connectivity index (χ0) is 10.5. The molecule has 4 heteroatoms. The first-order chi connectivity index (χ1) is 7.42. The van der Waals surface area contributed by atoms with Gasteiger partial charge in [-0.15, -0.1) is 0 Å². The van der Waals surface area contributed by atoms with Crippen LogP contribution in [-0.4, -0.2) is 11.5 Å². The third-order valence-corrected chi connectivity index (χ3v) is 2.14. The Morgan fingerprint density at radius 2 is 2.40 bits per heavy atom. The highest BCUT2D eigenvalue weighted by molar-refractivity contribution is 5.57. The number of aromatic nitrogens is 1. The molecular formula is C11H14N2O2. The maximum atomic E-state index is 5.33. The first-order valence-electron chi connectivity index (χ1n) is 5.07. The van der Waals surface area contributed by atoms with Crippen molar-refractivity contribution in [3.8, 4) is 11.3 Å². The second-order valence-corrected chi connectivity index (χ2v) is 3.32. The van der Waals surface area contributed by atoms with Crippen molar-refractivity contribution in [2.75, 3.05) is 6.54 Å². The van der Waals surface area contributed by atoms with E-state index < -0.39 is 0 Å². The number of rotatable bonds is 5. The van der Waals surface area contributed by atoms with Crippen LogP contribution in [0.3, 0.4) is 0 Å². The molecule has 0 radical (unpaired) electrons. The average Bonchev–Trinajstić information content (AvgIpc) is 2.87. The molecule has 0 aliphatic carbocycles. The molecule has 0 spiro atoms. The molecule has 0 aromatic carbocycles. The summed E-state index contributed by atoms with van der Waals surface area (Å²) in [6.45, 7) is 3.84. The molecule has 0 aliphatic rings. The van der Waals surface area contributed by atoms with Crippen LogP contribution in [0.1, 0.15) is 19.0 Å². The average molecular weight is 206 g/mol. The first kappa shape index (κ1) is 9.98. The lowest BCUT2D eigenvalue weighted by Crippen LogP contribution is -2.14. The Morgan fingerprint density at radius 3 is 3.13 bits per heavy atom. The van der Waals surface area contributed by atoms with E-state index in [4.69, 9.17) is 8.83 Å². The molecule has 2 aromatic heterocycles. The van der Waals surface area contributed by atoms with Crippen molar-refractivity contribution in [2.45, 2.75) is 19.9 Å². The highest BCUT2D eigenvalue weighted by Gasteiger charge is 2.10. The van der Waals surface area contributed by atoms with Crippen molar-refractivity contribution >= 4 is 0 Å². The van der Waals surface area contributed by atoms with Crippen molar-refractivity contribution in [2.24, 2.45) is 0 Å². The second kappa shape index (κ2) is 4.79. The topological polar surface area (TPSA) is 51.2 Å². The smallest absolute Gasteiger partial charge is 0.181 e. The number of furan rings is 1. The van der Waals surface area contributed by atoms with Gasteiger partial charge in [-0.3, -0.25) is 0 Å². The Hall–Kier alpha value is -1.55. The molecule has 0 unspecified atom stereocenters. The summed E-state index contributed by atoms with van der Waals surface area (Å²) in [6.07, 6.45) is 5.86. The molecule has 0 saturated carbocycles. The Kier molecular flexibility index (Phi) is 3.19. The molecule has 0 aliphatic heterocycles. The summed E-state index contributed by atoms with van der Waals surface area (Å²) in [5.41, 5.74) is 1.85. The van der Waals surface area contributed by atoms with E-state index in [1.54, 1.807) is 12.5 Å². The fraction of sp³-hybridized carbons (Fsp3) is 0.364. The number of hydrogen-bond acceptors (Lipinski definition) is 4. The monoisotopic (exact) mass is 206 g/mol. The van der Waals surface area contributed by atoms with Gasteiger partial charge in [-0.25, -0.2) is 4.98 Å². The minimum atomic E-state index is 0.727. The maximum Gasteiger partial charge on any atom is 0.181 e. The van der Waals surface area contributed by atoms with Crippen molar-refractivity contribution in [3.63, 3.8) is 0 Å². The molecule has 0 atom stereocenters. The Morgan fingerprint density at radius 1 is 1.47 bits per heavy atom. The number of nitrogens with one attached hydrogen (secondary N) is 1. The summed E-state index contributed by atoms with van der Waals surface area (Å²) in [4.78, 5) is 4.17. The zero-order valence-corrected chi connectivity index (χ0v) is 8.69. The molecular weight excluding hydrogens is 192 g/mol. The van der Waals surface area contributed by atoms with Gasteiger partial charge in [0, 0.05) is 6.54 Å². The molecule has 0 bridgehead atoms. The normalized spacial score (nSPS) is 10.7. The van der Waals surface area contributed by atoms with Crippen molar-refractivity contribution in [3.05, 3.63) is 30.7 Å². The van der Waals surface area contributed by atoms with E-state index in [1.807, 2.05) is 6.07 Å². The lowest BCUT2D eigenvalue weighted by molar-refractivity contribution is 0.555. The Balaban J connectivity index is 2.09. The third-order valence-electron chi connectivity index (χ3n) is 2.14. The van der Waals surface area contributed by atoms with Crippen molar-refractivity contribution in [1.82, 2.24) is 10.3 Å². The lowest BCUT2D eigenvalue weighted by atomic mass is 10.2. The van der Waals surface area contributed by atoms with Gasteiger partial charge in [0.25, 0.3) is 0 Å². The van der Waals surface area contributed by atoms with Crippen LogP contribution in [0.2, 0.25) is 0 Å². The van der Waals surface area contributed by atoms with E-state index in [9.17, 15) is 0 Å². The second-order valence-electron chi connectivity index (χ2n) is 3.32. The predicted octanol–water partition coefficient (Wildman–Crippen LogP) is 2.43. The van der Waals surface area contributed by atoms with Crippen LogP contribution in [0.25, 0.3) is 11.3 Å². The van der Waals surface area contributed by atoms with Crippen LogP contribution < -0.4 is 5.32 Å². The summed E-state index contributed by atoms with van der Waals surface area (Å²) in [7, 11) is 0. The molecule has 4 nitrogen and oxygen atoms in total. The Bertz CT molecular complexity index is 392. The fourth-order valence-electron chi connectivity index (χ4n) is 1.41.